The number of nitrogen functional groups attached to an aromatic ring is 1. The highest BCUT2D eigenvalue weighted by atomic mass is 16.5. The second-order valence-electron chi connectivity index (χ2n) is 4.52. The normalized spacial score (nSPS) is 10.4. The zero-order valence-electron chi connectivity index (χ0n) is 11.9. The summed E-state index contributed by atoms with van der Waals surface area (Å²) in [5, 5.41) is 9.21. The Kier molecular flexibility index (Phi) is 4.72. The molecule has 8 nitrogen and oxygen atoms in total. The number of aliphatic carboxylic acids is 1. The van der Waals surface area contributed by atoms with Gasteiger partial charge in [-0.3, -0.25) is 9.59 Å². The van der Waals surface area contributed by atoms with E-state index >= 15 is 0 Å². The second-order valence-corrected chi connectivity index (χ2v) is 4.52. The van der Waals surface area contributed by atoms with Gasteiger partial charge in [0.05, 0.1) is 20.0 Å². The van der Waals surface area contributed by atoms with Crippen molar-refractivity contribution in [2.24, 2.45) is 0 Å². The van der Waals surface area contributed by atoms with Crippen LogP contribution in [0.3, 0.4) is 0 Å². The van der Waals surface area contributed by atoms with E-state index < -0.39 is 11.9 Å². The lowest BCUT2D eigenvalue weighted by Gasteiger charge is -2.09. The molecule has 0 fully saturated rings. The lowest BCUT2D eigenvalue weighted by molar-refractivity contribution is -0.148. The van der Waals surface area contributed by atoms with Crippen LogP contribution < -0.4 is 10.5 Å². The molecule has 1 heterocycles. The molecule has 2 aromatic rings. The first kappa shape index (κ1) is 15.5. The van der Waals surface area contributed by atoms with Crippen molar-refractivity contribution >= 4 is 28.8 Å². The van der Waals surface area contributed by atoms with Crippen LogP contribution in [0.4, 0.5) is 5.95 Å². The number of fused-ring (bicyclic) bond motifs is 1. The van der Waals surface area contributed by atoms with Crippen molar-refractivity contribution in [2.45, 2.75) is 19.4 Å². The number of ether oxygens (including phenoxy) is 2. The van der Waals surface area contributed by atoms with Crippen molar-refractivity contribution < 1.29 is 24.2 Å². The molecule has 0 aliphatic carbocycles. The van der Waals surface area contributed by atoms with Gasteiger partial charge in [0, 0.05) is 11.6 Å². The van der Waals surface area contributed by atoms with E-state index in [1.165, 1.54) is 7.11 Å². The van der Waals surface area contributed by atoms with Crippen molar-refractivity contribution in [2.75, 3.05) is 12.8 Å². The van der Waals surface area contributed by atoms with Gasteiger partial charge in [-0.25, -0.2) is 9.97 Å². The molecule has 2 rings (SSSR count). The van der Waals surface area contributed by atoms with Crippen LogP contribution in [0.1, 0.15) is 18.4 Å². The summed E-state index contributed by atoms with van der Waals surface area (Å²) in [6.07, 6.45) is 1.13. The summed E-state index contributed by atoms with van der Waals surface area (Å²) in [7, 11) is 1.50. The molecule has 0 aliphatic rings. The van der Waals surface area contributed by atoms with Crippen LogP contribution in [-0.4, -0.2) is 34.1 Å². The molecule has 0 amide bonds. The number of carboxylic acids is 1. The molecular weight excluding hydrogens is 290 g/mol. The van der Waals surface area contributed by atoms with Crippen molar-refractivity contribution in [3.8, 4) is 5.75 Å². The minimum atomic E-state index is -1.04. The number of anilines is 1. The van der Waals surface area contributed by atoms with E-state index in [9.17, 15) is 9.59 Å². The maximum absolute atomic E-state index is 11.4. The predicted molar refractivity (Wildman–Crippen MR) is 77.2 cm³/mol. The molecule has 8 heteroatoms. The van der Waals surface area contributed by atoms with Crippen LogP contribution >= 0.6 is 0 Å². The molecule has 1 aromatic carbocycles. The van der Waals surface area contributed by atoms with E-state index in [4.69, 9.17) is 20.3 Å². The van der Waals surface area contributed by atoms with Gasteiger partial charge in [-0.15, -0.1) is 0 Å². The molecule has 0 radical (unpaired) electrons. The van der Waals surface area contributed by atoms with Crippen molar-refractivity contribution in [3.05, 3.63) is 23.9 Å². The molecule has 0 saturated heterocycles. The Balaban J connectivity index is 2.13. The average molecular weight is 305 g/mol. The lowest BCUT2D eigenvalue weighted by Crippen LogP contribution is -2.07. The summed E-state index contributed by atoms with van der Waals surface area (Å²) < 4.78 is 10.3. The number of methoxy groups -OCH3 is 1. The number of benzene rings is 1. The highest BCUT2D eigenvalue weighted by molar-refractivity contribution is 5.85. The summed E-state index contributed by atoms with van der Waals surface area (Å²) in [4.78, 5) is 29.8. The van der Waals surface area contributed by atoms with Gasteiger partial charge in [-0.05, 0) is 17.7 Å². The van der Waals surface area contributed by atoms with Gasteiger partial charge in [0.15, 0.2) is 0 Å². The highest BCUT2D eigenvalue weighted by Crippen LogP contribution is 2.26. The monoisotopic (exact) mass is 305 g/mol. The number of esters is 1. The van der Waals surface area contributed by atoms with Crippen LogP contribution in [0.25, 0.3) is 10.9 Å². The number of aromatic nitrogens is 2. The van der Waals surface area contributed by atoms with Crippen LogP contribution in [0.2, 0.25) is 0 Å². The fourth-order valence-electron chi connectivity index (χ4n) is 1.87. The lowest BCUT2D eigenvalue weighted by atomic mass is 10.1. The van der Waals surface area contributed by atoms with E-state index in [1.54, 1.807) is 18.3 Å². The Hall–Kier alpha value is -2.90. The number of carbonyl (C=O) groups is 2. The molecule has 0 unspecified atom stereocenters. The first-order valence-electron chi connectivity index (χ1n) is 6.46. The quantitative estimate of drug-likeness (QED) is 0.761. The van der Waals surface area contributed by atoms with Crippen LogP contribution in [0.5, 0.6) is 5.75 Å². The number of rotatable bonds is 6. The summed E-state index contributed by atoms with van der Waals surface area (Å²) >= 11 is 0. The average Bonchev–Trinajstić information content (AvgIpc) is 2.50. The molecule has 3 N–H and O–H groups in total. The predicted octanol–water partition coefficient (Wildman–Crippen LogP) is 1.13. The topological polar surface area (TPSA) is 125 Å². The molecule has 116 valence electrons. The number of carbonyl (C=O) groups excluding carboxylic acids is 1. The summed E-state index contributed by atoms with van der Waals surface area (Å²) in [5.74, 6) is -0.990. The van der Waals surface area contributed by atoms with Crippen molar-refractivity contribution in [3.63, 3.8) is 0 Å². The number of hydrogen-bond donors (Lipinski definition) is 2. The van der Waals surface area contributed by atoms with Gasteiger partial charge in [0.1, 0.15) is 17.9 Å². The first-order valence-corrected chi connectivity index (χ1v) is 6.46. The fourth-order valence-corrected chi connectivity index (χ4v) is 1.87. The summed E-state index contributed by atoms with van der Waals surface area (Å²) in [6, 6.07) is 3.43. The molecule has 1 aromatic heterocycles. The van der Waals surface area contributed by atoms with Gasteiger partial charge in [-0.1, -0.05) is 0 Å². The third-order valence-corrected chi connectivity index (χ3v) is 2.89. The van der Waals surface area contributed by atoms with Gasteiger partial charge >= 0.3 is 11.9 Å². The Bertz CT molecular complexity index is 717. The Morgan fingerprint density at radius 2 is 2.09 bits per heavy atom. The van der Waals surface area contributed by atoms with E-state index in [1.807, 2.05) is 0 Å². The summed E-state index contributed by atoms with van der Waals surface area (Å²) in [6.45, 7) is 0.00906. The highest BCUT2D eigenvalue weighted by Gasteiger charge is 2.10. The molecule has 0 saturated carbocycles. The third-order valence-electron chi connectivity index (χ3n) is 2.89. The second kappa shape index (κ2) is 6.70. The molecular formula is C14H15N3O5. The zero-order valence-corrected chi connectivity index (χ0v) is 11.9. The van der Waals surface area contributed by atoms with E-state index in [0.29, 0.717) is 22.2 Å². The van der Waals surface area contributed by atoms with E-state index in [2.05, 4.69) is 9.97 Å². The molecule has 0 atom stereocenters. The zero-order chi connectivity index (χ0) is 16.1. The smallest absolute Gasteiger partial charge is 0.306 e. The van der Waals surface area contributed by atoms with Gasteiger partial charge in [0.2, 0.25) is 5.95 Å². The van der Waals surface area contributed by atoms with Gasteiger partial charge in [-0.2, -0.15) is 0 Å². The fraction of sp³-hybridized carbons (Fsp3) is 0.286. The largest absolute Gasteiger partial charge is 0.494 e. The maximum atomic E-state index is 11.4. The minimum Gasteiger partial charge on any atom is -0.494 e. The Morgan fingerprint density at radius 3 is 2.77 bits per heavy atom. The maximum Gasteiger partial charge on any atom is 0.306 e. The third kappa shape index (κ3) is 3.81. The van der Waals surface area contributed by atoms with Crippen molar-refractivity contribution in [1.82, 2.24) is 9.97 Å². The Morgan fingerprint density at radius 1 is 1.32 bits per heavy atom. The van der Waals surface area contributed by atoms with Gasteiger partial charge < -0.3 is 20.3 Å². The van der Waals surface area contributed by atoms with E-state index in [-0.39, 0.29) is 25.4 Å². The van der Waals surface area contributed by atoms with Crippen LogP contribution in [0.15, 0.2) is 18.3 Å². The number of carboxylic acid groups (broad SMARTS) is 1. The van der Waals surface area contributed by atoms with E-state index in [0.717, 1.165) is 0 Å². The Labute approximate surface area is 125 Å². The molecule has 0 aliphatic heterocycles. The number of nitrogens with zero attached hydrogens (tertiary/aromatic N) is 2. The number of nitrogens with two attached hydrogens (primary N) is 1. The molecule has 22 heavy (non-hydrogen) atoms. The minimum absolute atomic E-state index is 0.00906. The molecule has 0 spiro atoms. The van der Waals surface area contributed by atoms with Gasteiger partial charge in [0.25, 0.3) is 0 Å². The number of hydrogen-bond acceptors (Lipinski definition) is 7. The summed E-state index contributed by atoms with van der Waals surface area (Å²) in [5.41, 5.74) is 6.79. The molecule has 0 bridgehead atoms. The standard InChI is InChI=1S/C14H15N3O5/c1-21-10-5-8(7-22-12(20)3-2-11(18)19)4-9-6-16-14(15)17-13(9)10/h4-6H,2-3,7H2,1H3,(H,18,19)(H2,15,16,17). The van der Waals surface area contributed by atoms with Crippen molar-refractivity contribution in [1.29, 1.82) is 0 Å². The first-order chi connectivity index (χ1) is 10.5. The van der Waals surface area contributed by atoms with Crippen LogP contribution in [0, 0.1) is 0 Å². The van der Waals surface area contributed by atoms with Crippen LogP contribution in [-0.2, 0) is 20.9 Å². The SMILES string of the molecule is COc1cc(COC(=O)CCC(=O)O)cc2cnc(N)nc12.